The van der Waals surface area contributed by atoms with Gasteiger partial charge in [0.05, 0.1) is 11.1 Å². The minimum atomic E-state index is -0.792. The first-order chi connectivity index (χ1) is 15.9. The number of anilines is 1. The molecule has 2 aromatic carbocycles. The first-order valence-electron chi connectivity index (χ1n) is 9.45. The minimum absolute atomic E-state index is 0.140. The summed E-state index contributed by atoms with van der Waals surface area (Å²) in [7, 11) is 0. The zero-order valence-corrected chi connectivity index (χ0v) is 18.3. The highest BCUT2D eigenvalue weighted by Crippen LogP contribution is 2.33. The molecule has 4 rings (SSSR count). The molecule has 1 aromatic heterocycles. The molecule has 3 amide bonds. The van der Waals surface area contributed by atoms with E-state index in [2.05, 4.69) is 15.3 Å². The van der Waals surface area contributed by atoms with E-state index in [1.54, 1.807) is 48.5 Å². The molecular weight excluding hydrogens is 471 g/mol. The number of amides is 3. The number of hydrogen-bond donors (Lipinski definition) is 1. The van der Waals surface area contributed by atoms with Crippen molar-refractivity contribution in [1.29, 1.82) is 0 Å². The lowest BCUT2D eigenvalue weighted by atomic mass is 10.2. The number of carbonyl (C=O) groups excluding carboxylic acids is 3. The van der Waals surface area contributed by atoms with Crippen molar-refractivity contribution in [3.63, 3.8) is 0 Å². The number of carbonyl (C=O) groups is 3. The van der Waals surface area contributed by atoms with E-state index in [-0.39, 0.29) is 21.8 Å². The van der Waals surface area contributed by atoms with E-state index in [4.69, 9.17) is 16.3 Å². The van der Waals surface area contributed by atoms with E-state index in [1.165, 1.54) is 12.1 Å². The molecule has 0 bridgehead atoms. The van der Waals surface area contributed by atoms with Crippen molar-refractivity contribution in [2.45, 2.75) is 0 Å². The second-order valence-corrected chi connectivity index (χ2v) is 7.98. The number of ether oxygens (including phenoxy) is 1. The topological polar surface area (TPSA) is 101 Å². The normalized spacial score (nSPS) is 14.6. The Morgan fingerprint density at radius 2 is 1.97 bits per heavy atom. The summed E-state index contributed by atoms with van der Waals surface area (Å²) in [4.78, 5) is 45.4. The monoisotopic (exact) mass is 484 g/mol. The highest BCUT2D eigenvalue weighted by Gasteiger charge is 2.36. The maximum atomic E-state index is 13.8. The fourth-order valence-corrected chi connectivity index (χ4v) is 3.80. The number of nitrogens with zero attached hydrogens (tertiary/aromatic N) is 3. The van der Waals surface area contributed by atoms with Crippen LogP contribution in [0.15, 0.2) is 65.7 Å². The zero-order valence-electron chi connectivity index (χ0n) is 16.7. The van der Waals surface area contributed by atoms with Crippen LogP contribution >= 0.6 is 23.4 Å². The Balaban J connectivity index is 1.46. The van der Waals surface area contributed by atoms with Crippen LogP contribution < -0.4 is 10.1 Å². The van der Waals surface area contributed by atoms with E-state index in [0.717, 1.165) is 22.9 Å². The standard InChI is InChI=1S/C22H14ClFN4O4S/c23-21-25-11-16(24)19(27-21)32-15-8-4-5-13(9-15)10-17-20(30)28(22(31)33-17)12-18(29)26-14-6-2-1-3-7-14/h1-11H,12H2,(H,26,29). The number of benzene rings is 2. The van der Waals surface area contributed by atoms with Crippen LogP contribution in [0.4, 0.5) is 14.9 Å². The second-order valence-electron chi connectivity index (χ2n) is 6.65. The number of hydrogen-bond acceptors (Lipinski definition) is 7. The zero-order chi connectivity index (χ0) is 23.4. The Morgan fingerprint density at radius 1 is 1.18 bits per heavy atom. The molecular formula is C22H14ClFN4O4S. The fourth-order valence-electron chi connectivity index (χ4n) is 2.84. The third-order valence-corrected chi connectivity index (χ3v) is 5.38. The van der Waals surface area contributed by atoms with Crippen LogP contribution in [0.5, 0.6) is 11.6 Å². The molecule has 0 atom stereocenters. The number of nitrogens with one attached hydrogen (secondary N) is 1. The number of rotatable bonds is 6. The molecule has 1 saturated heterocycles. The van der Waals surface area contributed by atoms with Crippen molar-refractivity contribution in [2.75, 3.05) is 11.9 Å². The maximum absolute atomic E-state index is 13.8. The summed E-state index contributed by atoms with van der Waals surface area (Å²) in [5, 5.41) is 1.90. The quantitative estimate of drug-likeness (QED) is 0.398. The van der Waals surface area contributed by atoms with Gasteiger partial charge in [-0.3, -0.25) is 19.3 Å². The van der Waals surface area contributed by atoms with Crippen LogP contribution in [0.1, 0.15) is 5.56 Å². The largest absolute Gasteiger partial charge is 0.436 e. The smallest absolute Gasteiger partial charge is 0.294 e. The molecule has 33 heavy (non-hydrogen) atoms. The fraction of sp³-hybridized carbons (Fsp3) is 0.0455. The third-order valence-electron chi connectivity index (χ3n) is 4.29. The van der Waals surface area contributed by atoms with Gasteiger partial charge in [0.25, 0.3) is 17.0 Å². The molecule has 11 heteroatoms. The van der Waals surface area contributed by atoms with Gasteiger partial charge in [0.1, 0.15) is 12.3 Å². The van der Waals surface area contributed by atoms with E-state index in [0.29, 0.717) is 11.3 Å². The lowest BCUT2D eigenvalue weighted by molar-refractivity contribution is -0.127. The molecule has 0 unspecified atom stereocenters. The van der Waals surface area contributed by atoms with Crippen LogP contribution in [-0.2, 0) is 9.59 Å². The highest BCUT2D eigenvalue weighted by molar-refractivity contribution is 8.18. The Labute approximate surface area is 196 Å². The number of aromatic nitrogens is 2. The van der Waals surface area contributed by atoms with E-state index < -0.39 is 29.4 Å². The lowest BCUT2D eigenvalue weighted by Gasteiger charge is -2.12. The van der Waals surface area contributed by atoms with Crippen molar-refractivity contribution < 1.29 is 23.5 Å². The van der Waals surface area contributed by atoms with E-state index in [9.17, 15) is 18.8 Å². The molecule has 166 valence electrons. The van der Waals surface area contributed by atoms with Crippen molar-refractivity contribution in [3.8, 4) is 11.6 Å². The predicted octanol–water partition coefficient (Wildman–Crippen LogP) is 4.74. The molecule has 1 N–H and O–H groups in total. The summed E-state index contributed by atoms with van der Waals surface area (Å²) in [5.74, 6) is -1.99. The Hall–Kier alpha value is -3.76. The van der Waals surface area contributed by atoms with Gasteiger partial charge in [0, 0.05) is 5.69 Å². The molecule has 2 heterocycles. The molecule has 3 aromatic rings. The third kappa shape index (κ3) is 5.54. The first kappa shape index (κ1) is 22.4. The molecule has 8 nitrogen and oxygen atoms in total. The molecule has 0 spiro atoms. The summed E-state index contributed by atoms with van der Waals surface area (Å²) in [6.07, 6.45) is 2.37. The SMILES string of the molecule is O=C(CN1C(=O)SC(=Cc2cccc(Oc3nc(Cl)ncc3F)c2)C1=O)Nc1ccccc1. The average Bonchev–Trinajstić information content (AvgIpc) is 3.04. The number of thioether (sulfide) groups is 1. The van der Waals surface area contributed by atoms with E-state index in [1.807, 2.05) is 0 Å². The van der Waals surface area contributed by atoms with Gasteiger partial charge in [0.2, 0.25) is 17.0 Å². The maximum Gasteiger partial charge on any atom is 0.294 e. The van der Waals surface area contributed by atoms with Gasteiger partial charge in [-0.05, 0) is 59.3 Å². The van der Waals surface area contributed by atoms with E-state index >= 15 is 0 Å². The molecule has 1 fully saturated rings. The van der Waals surface area contributed by atoms with Gasteiger partial charge in [-0.1, -0.05) is 30.3 Å². The van der Waals surface area contributed by atoms with Gasteiger partial charge in [-0.2, -0.15) is 9.37 Å². The molecule has 1 aliphatic rings. The Kier molecular flexibility index (Phi) is 6.66. The van der Waals surface area contributed by atoms with Crippen LogP contribution in [-0.4, -0.2) is 38.5 Å². The van der Waals surface area contributed by atoms with Crippen molar-refractivity contribution in [1.82, 2.24) is 14.9 Å². The lowest BCUT2D eigenvalue weighted by Crippen LogP contribution is -2.36. The number of imide groups is 1. The predicted molar refractivity (Wildman–Crippen MR) is 121 cm³/mol. The number of halogens is 2. The Morgan fingerprint density at radius 3 is 2.76 bits per heavy atom. The molecule has 0 aliphatic carbocycles. The van der Waals surface area contributed by atoms with Crippen molar-refractivity contribution in [2.24, 2.45) is 0 Å². The summed E-state index contributed by atoms with van der Waals surface area (Å²) < 4.78 is 19.2. The van der Waals surface area contributed by atoms with Crippen LogP contribution in [0.2, 0.25) is 5.28 Å². The van der Waals surface area contributed by atoms with Gasteiger partial charge < -0.3 is 10.1 Å². The average molecular weight is 485 g/mol. The summed E-state index contributed by atoms with van der Waals surface area (Å²) in [6.45, 7) is -0.409. The summed E-state index contributed by atoms with van der Waals surface area (Å²) in [6, 6.07) is 15.1. The number of para-hydroxylation sites is 1. The molecule has 1 aliphatic heterocycles. The van der Waals surface area contributed by atoms with Crippen LogP contribution in [0.25, 0.3) is 6.08 Å². The van der Waals surface area contributed by atoms with Gasteiger partial charge in [-0.15, -0.1) is 0 Å². The van der Waals surface area contributed by atoms with Gasteiger partial charge in [0.15, 0.2) is 0 Å². The van der Waals surface area contributed by atoms with Gasteiger partial charge in [-0.25, -0.2) is 4.98 Å². The van der Waals surface area contributed by atoms with Crippen molar-refractivity contribution in [3.05, 3.63) is 82.4 Å². The minimum Gasteiger partial charge on any atom is -0.436 e. The van der Waals surface area contributed by atoms with Crippen molar-refractivity contribution >= 4 is 52.2 Å². The summed E-state index contributed by atoms with van der Waals surface area (Å²) in [5.41, 5.74) is 1.08. The second kappa shape index (κ2) is 9.80. The molecule has 0 saturated carbocycles. The van der Waals surface area contributed by atoms with Crippen LogP contribution in [0, 0.1) is 5.82 Å². The van der Waals surface area contributed by atoms with Gasteiger partial charge >= 0.3 is 0 Å². The first-order valence-corrected chi connectivity index (χ1v) is 10.6. The molecule has 0 radical (unpaired) electrons. The van der Waals surface area contributed by atoms with Crippen LogP contribution in [0.3, 0.4) is 0 Å². The highest BCUT2D eigenvalue weighted by atomic mass is 35.5. The summed E-state index contributed by atoms with van der Waals surface area (Å²) >= 11 is 6.39. The Bertz CT molecular complexity index is 1270.